The normalized spacial score (nSPS) is 10.6. The Morgan fingerprint density at radius 3 is 2.80 bits per heavy atom. The molecule has 1 aromatic heterocycles. The lowest BCUT2D eigenvalue weighted by molar-refractivity contribution is 0.0947. The Hall–Kier alpha value is -2.60. The van der Waals surface area contributed by atoms with Gasteiger partial charge in [-0.15, -0.1) is 0 Å². The lowest BCUT2D eigenvalue weighted by Gasteiger charge is -2.12. The predicted octanol–water partition coefficient (Wildman–Crippen LogP) is 2.38. The van der Waals surface area contributed by atoms with Crippen LogP contribution in [0.1, 0.15) is 22.5 Å². The number of carbonyl (C=O) groups is 1. The van der Waals surface area contributed by atoms with Crippen LogP contribution in [0.2, 0.25) is 0 Å². The van der Waals surface area contributed by atoms with Crippen LogP contribution >= 0.6 is 0 Å². The third-order valence-electron chi connectivity index (χ3n) is 3.74. The molecule has 1 amide bonds. The lowest BCUT2D eigenvalue weighted by Crippen LogP contribution is -2.27. The first-order valence-electron chi connectivity index (χ1n) is 8.35. The molecule has 0 aliphatic rings. The minimum absolute atomic E-state index is 0.153. The molecule has 2 N–H and O–H groups in total. The van der Waals surface area contributed by atoms with Gasteiger partial charge in [0.15, 0.2) is 0 Å². The molecule has 0 spiro atoms. The summed E-state index contributed by atoms with van der Waals surface area (Å²) in [7, 11) is 5.69. The number of aromatic nitrogens is 1. The Morgan fingerprint density at radius 1 is 1.24 bits per heavy atom. The zero-order valence-corrected chi connectivity index (χ0v) is 15.1. The van der Waals surface area contributed by atoms with Crippen molar-refractivity contribution in [1.29, 1.82) is 0 Å². The molecule has 0 aliphatic heterocycles. The molecule has 1 aromatic carbocycles. The Morgan fingerprint density at radius 2 is 2.04 bits per heavy atom. The summed E-state index contributed by atoms with van der Waals surface area (Å²) in [4.78, 5) is 18.4. The maximum Gasteiger partial charge on any atom is 0.269 e. The molecule has 0 saturated heterocycles. The van der Waals surface area contributed by atoms with Crippen molar-refractivity contribution in [2.24, 2.45) is 0 Å². The summed E-state index contributed by atoms with van der Waals surface area (Å²) in [6.45, 7) is 2.18. The first kappa shape index (κ1) is 18.7. The number of methoxy groups -OCH3 is 1. The summed E-state index contributed by atoms with van der Waals surface area (Å²) in [5.41, 5.74) is 2.31. The van der Waals surface area contributed by atoms with E-state index >= 15 is 0 Å². The van der Waals surface area contributed by atoms with Crippen molar-refractivity contribution in [3.05, 3.63) is 53.9 Å². The lowest BCUT2D eigenvalue weighted by atomic mass is 10.2. The third-order valence-corrected chi connectivity index (χ3v) is 3.74. The number of para-hydroxylation sites is 1. The standard InChI is InChI=1S/C19H26N4O2/c1-23(2)12-6-10-21-19(24)17-13-16(9-11-20-17)22-14-15-7-4-5-8-18(15)25-3/h4-5,7-9,11,13H,6,10,12,14H2,1-3H3,(H,20,22)(H,21,24). The number of rotatable bonds is 9. The van der Waals surface area contributed by atoms with Gasteiger partial charge in [-0.2, -0.15) is 0 Å². The van der Waals surface area contributed by atoms with Crippen molar-refractivity contribution in [3.63, 3.8) is 0 Å². The van der Waals surface area contributed by atoms with Gasteiger partial charge in [0.1, 0.15) is 11.4 Å². The van der Waals surface area contributed by atoms with Crippen molar-refractivity contribution >= 4 is 11.6 Å². The van der Waals surface area contributed by atoms with E-state index in [-0.39, 0.29) is 5.91 Å². The summed E-state index contributed by atoms with van der Waals surface area (Å²) in [6, 6.07) is 11.4. The van der Waals surface area contributed by atoms with Crippen LogP contribution in [0.4, 0.5) is 5.69 Å². The van der Waals surface area contributed by atoms with Gasteiger partial charge in [0.05, 0.1) is 7.11 Å². The van der Waals surface area contributed by atoms with Crippen LogP contribution in [0.25, 0.3) is 0 Å². The highest BCUT2D eigenvalue weighted by molar-refractivity contribution is 5.93. The number of anilines is 1. The van der Waals surface area contributed by atoms with Crippen LogP contribution in [0.5, 0.6) is 5.75 Å². The van der Waals surface area contributed by atoms with E-state index in [0.717, 1.165) is 30.0 Å². The molecule has 2 aromatic rings. The molecule has 6 heteroatoms. The number of benzene rings is 1. The van der Waals surface area contributed by atoms with Gasteiger partial charge in [0, 0.05) is 30.5 Å². The van der Waals surface area contributed by atoms with Crippen molar-refractivity contribution in [1.82, 2.24) is 15.2 Å². The predicted molar refractivity (Wildman–Crippen MR) is 100 cm³/mol. The monoisotopic (exact) mass is 342 g/mol. The maximum absolute atomic E-state index is 12.2. The van der Waals surface area contributed by atoms with Gasteiger partial charge in [0.2, 0.25) is 0 Å². The molecule has 134 valence electrons. The van der Waals surface area contributed by atoms with E-state index in [1.165, 1.54) is 0 Å². The quantitative estimate of drug-likeness (QED) is 0.685. The molecular formula is C19H26N4O2. The highest BCUT2D eigenvalue weighted by Gasteiger charge is 2.08. The van der Waals surface area contributed by atoms with Crippen molar-refractivity contribution in [3.8, 4) is 5.75 Å². The molecule has 0 radical (unpaired) electrons. The zero-order chi connectivity index (χ0) is 18.1. The average molecular weight is 342 g/mol. The summed E-state index contributed by atoms with van der Waals surface area (Å²) >= 11 is 0. The van der Waals surface area contributed by atoms with E-state index in [2.05, 4.69) is 20.5 Å². The first-order chi connectivity index (χ1) is 12.1. The molecule has 1 heterocycles. The van der Waals surface area contributed by atoms with Crippen LogP contribution < -0.4 is 15.4 Å². The Balaban J connectivity index is 1.91. The first-order valence-corrected chi connectivity index (χ1v) is 8.35. The molecule has 0 fully saturated rings. The second-order valence-electron chi connectivity index (χ2n) is 6.01. The van der Waals surface area contributed by atoms with E-state index in [9.17, 15) is 4.79 Å². The molecule has 0 unspecified atom stereocenters. The number of ether oxygens (including phenoxy) is 1. The van der Waals surface area contributed by atoms with Gasteiger partial charge in [-0.05, 0) is 45.3 Å². The number of pyridine rings is 1. The van der Waals surface area contributed by atoms with Crippen LogP contribution in [-0.4, -0.2) is 50.1 Å². The highest BCUT2D eigenvalue weighted by atomic mass is 16.5. The van der Waals surface area contributed by atoms with E-state index in [1.54, 1.807) is 19.4 Å². The molecule has 0 atom stereocenters. The fraction of sp³-hybridized carbons (Fsp3) is 0.368. The highest BCUT2D eigenvalue weighted by Crippen LogP contribution is 2.19. The number of carbonyl (C=O) groups excluding carboxylic acids is 1. The summed E-state index contributed by atoms with van der Waals surface area (Å²) in [5, 5.41) is 6.20. The van der Waals surface area contributed by atoms with Gasteiger partial charge in [-0.25, -0.2) is 0 Å². The van der Waals surface area contributed by atoms with Crippen LogP contribution in [-0.2, 0) is 6.54 Å². The fourth-order valence-electron chi connectivity index (χ4n) is 2.40. The van der Waals surface area contributed by atoms with E-state index in [0.29, 0.717) is 18.8 Å². The number of hydrogen-bond donors (Lipinski definition) is 2. The van der Waals surface area contributed by atoms with Crippen LogP contribution in [0.15, 0.2) is 42.6 Å². The number of amides is 1. The summed E-state index contributed by atoms with van der Waals surface area (Å²) in [5.74, 6) is 0.683. The average Bonchev–Trinajstić information content (AvgIpc) is 2.63. The molecule has 25 heavy (non-hydrogen) atoms. The number of nitrogens with zero attached hydrogens (tertiary/aromatic N) is 2. The largest absolute Gasteiger partial charge is 0.496 e. The molecular weight excluding hydrogens is 316 g/mol. The van der Waals surface area contributed by atoms with E-state index < -0.39 is 0 Å². The van der Waals surface area contributed by atoms with Crippen molar-refractivity contribution in [2.45, 2.75) is 13.0 Å². The van der Waals surface area contributed by atoms with Gasteiger partial charge < -0.3 is 20.3 Å². The smallest absolute Gasteiger partial charge is 0.269 e. The molecule has 0 saturated carbocycles. The molecule has 0 aliphatic carbocycles. The zero-order valence-electron chi connectivity index (χ0n) is 15.1. The second-order valence-corrected chi connectivity index (χ2v) is 6.01. The van der Waals surface area contributed by atoms with Crippen molar-refractivity contribution in [2.75, 3.05) is 39.6 Å². The van der Waals surface area contributed by atoms with Gasteiger partial charge in [-0.1, -0.05) is 18.2 Å². The SMILES string of the molecule is COc1ccccc1CNc1ccnc(C(=O)NCCCN(C)C)c1. The minimum atomic E-state index is -0.153. The van der Waals surface area contributed by atoms with Crippen LogP contribution in [0, 0.1) is 0 Å². The van der Waals surface area contributed by atoms with Crippen molar-refractivity contribution < 1.29 is 9.53 Å². The van der Waals surface area contributed by atoms with E-state index in [1.807, 2.05) is 44.4 Å². The fourth-order valence-corrected chi connectivity index (χ4v) is 2.40. The second kappa shape index (κ2) is 9.64. The van der Waals surface area contributed by atoms with Gasteiger partial charge in [-0.3, -0.25) is 9.78 Å². The Bertz CT molecular complexity index is 689. The summed E-state index contributed by atoms with van der Waals surface area (Å²) < 4.78 is 5.35. The maximum atomic E-state index is 12.2. The molecule has 6 nitrogen and oxygen atoms in total. The molecule has 0 bridgehead atoms. The van der Waals surface area contributed by atoms with Gasteiger partial charge >= 0.3 is 0 Å². The van der Waals surface area contributed by atoms with E-state index in [4.69, 9.17) is 4.74 Å². The van der Waals surface area contributed by atoms with Crippen LogP contribution in [0.3, 0.4) is 0 Å². The Labute approximate surface area is 149 Å². The summed E-state index contributed by atoms with van der Waals surface area (Å²) in [6.07, 6.45) is 2.55. The third kappa shape index (κ3) is 6.08. The molecule has 2 rings (SSSR count). The Kier molecular flexibility index (Phi) is 7.22. The topological polar surface area (TPSA) is 66.5 Å². The van der Waals surface area contributed by atoms with Gasteiger partial charge in [0.25, 0.3) is 5.91 Å². The minimum Gasteiger partial charge on any atom is -0.496 e. The number of hydrogen-bond acceptors (Lipinski definition) is 5. The number of nitrogens with one attached hydrogen (secondary N) is 2.